The third-order valence-electron chi connectivity index (χ3n) is 4.88. The fourth-order valence-corrected chi connectivity index (χ4v) is 9.75. The highest BCUT2D eigenvalue weighted by Crippen LogP contribution is 2.54. The smallest absolute Gasteiger partial charge is 0.0605 e. The summed E-state index contributed by atoms with van der Waals surface area (Å²) in [6.07, 6.45) is 6.76. The van der Waals surface area contributed by atoms with E-state index in [9.17, 15) is 0 Å². The molecule has 2 atom stereocenters. The van der Waals surface area contributed by atoms with Gasteiger partial charge in [0.2, 0.25) is 0 Å². The Morgan fingerprint density at radius 2 is 1.76 bits per heavy atom. The third kappa shape index (κ3) is 4.81. The molecule has 0 radical (unpaired) electrons. The van der Waals surface area contributed by atoms with Crippen molar-refractivity contribution in [3.05, 3.63) is 8.47 Å². The van der Waals surface area contributed by atoms with Crippen LogP contribution in [0.4, 0.5) is 0 Å². The largest absolute Gasteiger partial charge is 0.118 e. The van der Waals surface area contributed by atoms with E-state index in [2.05, 4.69) is 74.7 Å². The van der Waals surface area contributed by atoms with Crippen molar-refractivity contribution in [1.82, 2.24) is 0 Å². The minimum atomic E-state index is 0.531. The van der Waals surface area contributed by atoms with E-state index in [1.807, 2.05) is 0 Å². The molecule has 0 spiro atoms. The van der Waals surface area contributed by atoms with Gasteiger partial charge in [-0.15, -0.1) is 47.0 Å². The van der Waals surface area contributed by atoms with Crippen LogP contribution in [0.5, 0.6) is 0 Å². The summed E-state index contributed by atoms with van der Waals surface area (Å²) in [5.41, 5.74) is 0.531. The van der Waals surface area contributed by atoms with Crippen LogP contribution >= 0.6 is 47.0 Å². The van der Waals surface area contributed by atoms with Gasteiger partial charge < -0.3 is 0 Å². The van der Waals surface area contributed by atoms with E-state index in [4.69, 9.17) is 0 Å². The van der Waals surface area contributed by atoms with Crippen molar-refractivity contribution < 1.29 is 0 Å². The minimum Gasteiger partial charge on any atom is -0.118 e. The number of rotatable bonds is 4. The summed E-state index contributed by atoms with van der Waals surface area (Å²) in [7, 11) is 0. The lowest BCUT2D eigenvalue weighted by Gasteiger charge is -2.34. The average Bonchev–Trinajstić information content (AvgIpc) is 2.68. The second kappa shape index (κ2) is 8.84. The third-order valence-corrected chi connectivity index (χ3v) is 11.4. The van der Waals surface area contributed by atoms with Crippen molar-refractivity contribution in [2.75, 3.05) is 17.3 Å². The molecule has 2 heterocycles. The predicted octanol–water partition coefficient (Wildman–Crippen LogP) is 7.07. The zero-order valence-corrected chi connectivity index (χ0v) is 17.2. The maximum absolute atomic E-state index is 2.51. The first-order valence-electron chi connectivity index (χ1n) is 8.42. The van der Waals surface area contributed by atoms with Crippen LogP contribution in [0.25, 0.3) is 0 Å². The van der Waals surface area contributed by atoms with Gasteiger partial charge in [0, 0.05) is 16.8 Å². The summed E-state index contributed by atoms with van der Waals surface area (Å²) in [5, 5.41) is 0.801. The van der Waals surface area contributed by atoms with Crippen LogP contribution < -0.4 is 0 Å². The Morgan fingerprint density at radius 1 is 1.05 bits per heavy atom. The summed E-state index contributed by atoms with van der Waals surface area (Å²) in [5.74, 6) is 4.95. The van der Waals surface area contributed by atoms with Crippen molar-refractivity contribution in [2.24, 2.45) is 11.3 Å². The second-order valence-electron chi connectivity index (χ2n) is 6.47. The summed E-state index contributed by atoms with van der Waals surface area (Å²) in [4.78, 5) is 0. The second-order valence-corrected chi connectivity index (χ2v) is 11.4. The highest BCUT2D eigenvalue weighted by Gasteiger charge is 2.36. The maximum Gasteiger partial charge on any atom is 0.0605 e. The average molecular weight is 363 g/mol. The molecule has 0 aromatic rings. The SMILES string of the molecule is CCCC1CSC(=C2SCCC(C)(CC)C(CC)S2)SC1. The highest BCUT2D eigenvalue weighted by atomic mass is 32.2. The van der Waals surface area contributed by atoms with Gasteiger partial charge in [-0.2, -0.15) is 0 Å². The molecule has 0 aromatic carbocycles. The number of hydrogen-bond acceptors (Lipinski definition) is 4. The fourth-order valence-electron chi connectivity index (χ4n) is 3.10. The van der Waals surface area contributed by atoms with Crippen LogP contribution in [0.3, 0.4) is 0 Å². The molecule has 0 saturated carbocycles. The Bertz CT molecular complexity index is 356. The van der Waals surface area contributed by atoms with Crippen LogP contribution in [0, 0.1) is 11.3 Å². The molecule has 2 saturated heterocycles. The molecule has 2 aliphatic heterocycles. The van der Waals surface area contributed by atoms with E-state index in [0.717, 1.165) is 11.2 Å². The lowest BCUT2D eigenvalue weighted by Crippen LogP contribution is -2.28. The first-order chi connectivity index (χ1) is 10.1. The molecule has 0 bridgehead atoms. The maximum atomic E-state index is 2.51. The first-order valence-corrected chi connectivity index (χ1v) is 12.3. The summed E-state index contributed by atoms with van der Waals surface area (Å²) < 4.78 is 3.31. The Hall–Kier alpha value is 1.14. The quantitative estimate of drug-likeness (QED) is 0.524. The molecule has 0 aliphatic carbocycles. The van der Waals surface area contributed by atoms with Crippen molar-refractivity contribution in [1.29, 1.82) is 0 Å². The molecule has 0 aromatic heterocycles. The van der Waals surface area contributed by atoms with E-state index in [0.29, 0.717) is 5.41 Å². The summed E-state index contributed by atoms with van der Waals surface area (Å²) in [6, 6.07) is 0. The number of thioether (sulfide) groups is 4. The van der Waals surface area contributed by atoms with Gasteiger partial charge in [0.05, 0.1) is 8.47 Å². The molecule has 4 heteroatoms. The molecule has 2 aliphatic rings. The van der Waals surface area contributed by atoms with Crippen molar-refractivity contribution in [3.8, 4) is 0 Å². The molecule has 0 N–H and O–H groups in total. The van der Waals surface area contributed by atoms with Crippen LogP contribution in [0.1, 0.15) is 59.8 Å². The van der Waals surface area contributed by atoms with E-state index < -0.39 is 0 Å². The lowest BCUT2D eigenvalue weighted by molar-refractivity contribution is 0.285. The van der Waals surface area contributed by atoms with E-state index in [-0.39, 0.29) is 0 Å². The van der Waals surface area contributed by atoms with Crippen LogP contribution in [-0.4, -0.2) is 22.5 Å². The van der Waals surface area contributed by atoms with E-state index >= 15 is 0 Å². The molecule has 2 unspecified atom stereocenters. The highest BCUT2D eigenvalue weighted by molar-refractivity contribution is 8.28. The van der Waals surface area contributed by atoms with E-state index in [1.165, 1.54) is 49.4 Å². The summed E-state index contributed by atoms with van der Waals surface area (Å²) >= 11 is 8.65. The Labute approximate surface area is 148 Å². The Balaban J connectivity index is 2.05. The normalized spacial score (nSPS) is 34.9. The van der Waals surface area contributed by atoms with Crippen LogP contribution in [0.2, 0.25) is 0 Å². The Morgan fingerprint density at radius 3 is 2.33 bits per heavy atom. The van der Waals surface area contributed by atoms with Crippen LogP contribution in [-0.2, 0) is 0 Å². The molecule has 21 heavy (non-hydrogen) atoms. The van der Waals surface area contributed by atoms with Gasteiger partial charge in [-0.25, -0.2) is 0 Å². The van der Waals surface area contributed by atoms with Gasteiger partial charge in [0.25, 0.3) is 0 Å². The predicted molar refractivity (Wildman–Crippen MR) is 107 cm³/mol. The molecule has 2 fully saturated rings. The molecule has 122 valence electrons. The fraction of sp³-hybridized carbons (Fsp3) is 0.882. The van der Waals surface area contributed by atoms with Gasteiger partial charge in [-0.05, 0) is 42.8 Å². The van der Waals surface area contributed by atoms with Crippen molar-refractivity contribution in [3.63, 3.8) is 0 Å². The standard InChI is InChI=1S/C17H30S4/c1-5-8-13-11-19-15(20-12-13)16-18-10-9-17(4,7-3)14(6-2)21-16/h13-14H,5-12H2,1-4H3. The monoisotopic (exact) mass is 362 g/mol. The first kappa shape index (κ1) is 18.5. The van der Waals surface area contributed by atoms with Crippen LogP contribution in [0.15, 0.2) is 8.47 Å². The molecule has 0 amide bonds. The molecular formula is C17H30S4. The zero-order chi connectivity index (χ0) is 15.3. The lowest BCUT2D eigenvalue weighted by atomic mass is 9.80. The van der Waals surface area contributed by atoms with Gasteiger partial charge in [-0.3, -0.25) is 0 Å². The number of hydrogen-bond donors (Lipinski definition) is 0. The summed E-state index contributed by atoms with van der Waals surface area (Å²) in [6.45, 7) is 9.59. The molecule has 2 rings (SSSR count). The zero-order valence-electron chi connectivity index (χ0n) is 13.9. The van der Waals surface area contributed by atoms with Crippen molar-refractivity contribution in [2.45, 2.75) is 65.0 Å². The topological polar surface area (TPSA) is 0 Å². The van der Waals surface area contributed by atoms with Gasteiger partial charge in [-0.1, -0.05) is 34.1 Å². The van der Waals surface area contributed by atoms with E-state index in [1.54, 1.807) is 8.47 Å². The van der Waals surface area contributed by atoms with Crippen molar-refractivity contribution >= 4 is 47.0 Å². The Kier molecular flexibility index (Phi) is 7.78. The minimum absolute atomic E-state index is 0.531. The van der Waals surface area contributed by atoms with Gasteiger partial charge >= 0.3 is 0 Å². The van der Waals surface area contributed by atoms with Gasteiger partial charge in [0.15, 0.2) is 0 Å². The molecular weight excluding hydrogens is 332 g/mol. The van der Waals surface area contributed by atoms with Gasteiger partial charge in [0.1, 0.15) is 0 Å². The molecule has 0 nitrogen and oxygen atoms in total.